The largest absolute Gasteiger partial charge is 0.447 e. The van der Waals surface area contributed by atoms with E-state index in [0.717, 1.165) is 52.1 Å². The van der Waals surface area contributed by atoms with Crippen LogP contribution in [0.1, 0.15) is 68.2 Å². The highest BCUT2D eigenvalue weighted by atomic mass is 16.3. The van der Waals surface area contributed by atoms with Gasteiger partial charge in [0, 0.05) is 39.3 Å². The number of hydrogen-bond acceptors (Lipinski definition) is 6. The molecule has 1 atom stereocenters. The Hall–Kier alpha value is -1.44. The number of carbonyl (C=O) groups is 1. The summed E-state index contributed by atoms with van der Waals surface area (Å²) in [4.78, 5) is 21.3. The Morgan fingerprint density at radius 1 is 1.25 bits per heavy atom. The summed E-state index contributed by atoms with van der Waals surface area (Å²) in [6.45, 7) is 7.95. The Kier molecular flexibility index (Phi) is 8.30. The number of aliphatic hydroxyl groups excluding tert-OH is 1. The molecular formula is C21H36N4O3. The highest BCUT2D eigenvalue weighted by Crippen LogP contribution is 2.22. The molecule has 1 aliphatic heterocycles. The average Bonchev–Trinajstić information content (AvgIpc) is 3.17. The number of aliphatic hydroxyl groups is 1. The van der Waals surface area contributed by atoms with Gasteiger partial charge >= 0.3 is 0 Å². The van der Waals surface area contributed by atoms with Crippen LogP contribution in [0.15, 0.2) is 10.7 Å². The van der Waals surface area contributed by atoms with Gasteiger partial charge in [0.25, 0.3) is 5.91 Å². The first-order chi connectivity index (χ1) is 13.6. The summed E-state index contributed by atoms with van der Waals surface area (Å²) in [6, 6.07) is 0. The van der Waals surface area contributed by atoms with E-state index in [1.54, 1.807) is 0 Å². The quantitative estimate of drug-likeness (QED) is 0.671. The van der Waals surface area contributed by atoms with E-state index >= 15 is 0 Å². The molecule has 0 bridgehead atoms. The van der Waals surface area contributed by atoms with Crippen molar-refractivity contribution in [2.75, 3.05) is 39.3 Å². The first kappa shape index (κ1) is 21.3. The molecule has 1 amide bonds. The van der Waals surface area contributed by atoms with Crippen molar-refractivity contribution in [3.8, 4) is 0 Å². The minimum absolute atomic E-state index is 0.129. The average molecular weight is 393 g/mol. The summed E-state index contributed by atoms with van der Waals surface area (Å²) in [5, 5.41) is 13.0. The van der Waals surface area contributed by atoms with Crippen molar-refractivity contribution in [1.29, 1.82) is 0 Å². The molecule has 7 heteroatoms. The number of β-amino-alcohol motifs (C(OH)–C–C–N with tert-alkyl or cyclic N) is 1. The van der Waals surface area contributed by atoms with E-state index in [2.05, 4.69) is 27.0 Å². The predicted octanol–water partition coefficient (Wildman–Crippen LogP) is 2.26. The van der Waals surface area contributed by atoms with E-state index in [9.17, 15) is 9.90 Å². The van der Waals surface area contributed by atoms with Crippen LogP contribution in [0.4, 0.5) is 0 Å². The van der Waals surface area contributed by atoms with Gasteiger partial charge in [-0.3, -0.25) is 14.6 Å². The molecule has 28 heavy (non-hydrogen) atoms. The molecule has 0 radical (unpaired) electrons. The SMILES string of the molecule is CCC[C@@H](O)CN1CCN(Cc2nc(C(=O)NCC3CCCCC3)co2)CC1. The zero-order valence-corrected chi connectivity index (χ0v) is 17.2. The second-order valence-electron chi connectivity index (χ2n) is 8.36. The van der Waals surface area contributed by atoms with Crippen molar-refractivity contribution in [2.24, 2.45) is 5.92 Å². The fourth-order valence-electron chi connectivity index (χ4n) is 4.25. The van der Waals surface area contributed by atoms with E-state index in [0.29, 0.717) is 24.0 Å². The number of aromatic nitrogens is 1. The number of oxazole rings is 1. The van der Waals surface area contributed by atoms with Gasteiger partial charge in [-0.15, -0.1) is 0 Å². The van der Waals surface area contributed by atoms with Crippen molar-refractivity contribution >= 4 is 5.91 Å². The Balaban J connectivity index is 1.38. The van der Waals surface area contributed by atoms with Gasteiger partial charge in [-0.2, -0.15) is 0 Å². The van der Waals surface area contributed by atoms with Crippen molar-refractivity contribution in [2.45, 2.75) is 64.5 Å². The number of carbonyl (C=O) groups excluding carboxylic acids is 1. The van der Waals surface area contributed by atoms with Crippen LogP contribution < -0.4 is 5.32 Å². The highest BCUT2D eigenvalue weighted by Gasteiger charge is 2.21. The Labute approximate surface area is 168 Å². The molecule has 1 saturated carbocycles. The molecule has 2 heterocycles. The standard InChI is InChI=1S/C21H36N4O3/c1-2-6-18(26)14-24-9-11-25(12-10-24)15-20-23-19(16-28-20)21(27)22-13-17-7-4-3-5-8-17/h16-18,26H,2-15H2,1H3,(H,22,27)/t18-/m1/s1. The zero-order valence-electron chi connectivity index (χ0n) is 17.2. The molecule has 0 unspecified atom stereocenters. The molecule has 0 spiro atoms. The summed E-state index contributed by atoms with van der Waals surface area (Å²) in [5.74, 6) is 1.08. The number of rotatable bonds is 9. The molecule has 3 rings (SSSR count). The van der Waals surface area contributed by atoms with Crippen molar-refractivity contribution in [3.63, 3.8) is 0 Å². The topological polar surface area (TPSA) is 81.8 Å². The molecular weight excluding hydrogens is 356 g/mol. The molecule has 1 saturated heterocycles. The maximum atomic E-state index is 12.3. The van der Waals surface area contributed by atoms with Gasteiger partial charge in [0.2, 0.25) is 5.89 Å². The zero-order chi connectivity index (χ0) is 19.8. The van der Waals surface area contributed by atoms with Crippen LogP contribution in [0, 0.1) is 5.92 Å². The Morgan fingerprint density at radius 2 is 1.96 bits per heavy atom. The fourth-order valence-corrected chi connectivity index (χ4v) is 4.25. The Morgan fingerprint density at radius 3 is 2.68 bits per heavy atom. The molecule has 2 fully saturated rings. The number of nitrogens with one attached hydrogen (secondary N) is 1. The summed E-state index contributed by atoms with van der Waals surface area (Å²) >= 11 is 0. The molecule has 7 nitrogen and oxygen atoms in total. The Bertz CT molecular complexity index is 592. The first-order valence-electron chi connectivity index (χ1n) is 11.0. The van der Waals surface area contributed by atoms with Crippen molar-refractivity contribution in [3.05, 3.63) is 17.8 Å². The molecule has 1 aromatic heterocycles. The lowest BCUT2D eigenvalue weighted by atomic mass is 9.89. The van der Waals surface area contributed by atoms with Gasteiger partial charge in [-0.1, -0.05) is 32.6 Å². The third kappa shape index (κ3) is 6.57. The molecule has 2 aliphatic rings. The number of piperazine rings is 1. The van der Waals surface area contributed by atoms with Crippen LogP contribution in [0.2, 0.25) is 0 Å². The van der Waals surface area contributed by atoms with Gasteiger partial charge in [-0.25, -0.2) is 4.98 Å². The maximum Gasteiger partial charge on any atom is 0.273 e. The lowest BCUT2D eigenvalue weighted by Gasteiger charge is -2.34. The molecule has 1 aromatic rings. The minimum atomic E-state index is -0.224. The maximum absolute atomic E-state index is 12.3. The third-order valence-electron chi connectivity index (χ3n) is 5.98. The van der Waals surface area contributed by atoms with E-state index in [-0.39, 0.29) is 12.0 Å². The minimum Gasteiger partial charge on any atom is -0.447 e. The summed E-state index contributed by atoms with van der Waals surface area (Å²) < 4.78 is 5.54. The summed E-state index contributed by atoms with van der Waals surface area (Å²) in [5.41, 5.74) is 0.382. The smallest absolute Gasteiger partial charge is 0.273 e. The van der Waals surface area contributed by atoms with Crippen molar-refractivity contribution < 1.29 is 14.3 Å². The second kappa shape index (κ2) is 10.9. The second-order valence-corrected chi connectivity index (χ2v) is 8.36. The molecule has 2 N–H and O–H groups in total. The van der Waals surface area contributed by atoms with E-state index in [1.165, 1.54) is 38.4 Å². The fraction of sp³-hybridized carbons (Fsp3) is 0.810. The van der Waals surface area contributed by atoms with E-state index in [1.807, 2.05) is 0 Å². The number of amides is 1. The van der Waals surface area contributed by atoms with Crippen LogP contribution in [-0.2, 0) is 6.54 Å². The van der Waals surface area contributed by atoms with Crippen LogP contribution in [0.3, 0.4) is 0 Å². The number of nitrogens with zero attached hydrogens (tertiary/aromatic N) is 3. The third-order valence-corrected chi connectivity index (χ3v) is 5.98. The number of hydrogen-bond donors (Lipinski definition) is 2. The summed E-state index contributed by atoms with van der Waals surface area (Å²) in [6.07, 6.45) is 9.44. The van der Waals surface area contributed by atoms with Crippen molar-refractivity contribution in [1.82, 2.24) is 20.1 Å². The van der Waals surface area contributed by atoms with Crippen LogP contribution in [0.5, 0.6) is 0 Å². The van der Waals surface area contributed by atoms with Gasteiger partial charge in [-0.05, 0) is 25.2 Å². The van der Waals surface area contributed by atoms with Gasteiger partial charge in [0.1, 0.15) is 6.26 Å². The van der Waals surface area contributed by atoms with Crippen LogP contribution in [-0.4, -0.2) is 71.2 Å². The predicted molar refractivity (Wildman–Crippen MR) is 108 cm³/mol. The molecule has 158 valence electrons. The monoisotopic (exact) mass is 392 g/mol. The van der Waals surface area contributed by atoms with Crippen LogP contribution in [0.25, 0.3) is 0 Å². The normalized spacial score (nSPS) is 20.9. The van der Waals surface area contributed by atoms with Gasteiger partial charge < -0.3 is 14.8 Å². The van der Waals surface area contributed by atoms with E-state index < -0.39 is 0 Å². The van der Waals surface area contributed by atoms with Crippen LogP contribution >= 0.6 is 0 Å². The highest BCUT2D eigenvalue weighted by molar-refractivity contribution is 5.91. The molecule has 0 aromatic carbocycles. The van der Waals surface area contributed by atoms with E-state index in [4.69, 9.17) is 4.42 Å². The van der Waals surface area contributed by atoms with Gasteiger partial charge in [0.05, 0.1) is 12.6 Å². The molecule has 1 aliphatic carbocycles. The first-order valence-corrected chi connectivity index (χ1v) is 11.0. The lowest BCUT2D eigenvalue weighted by Crippen LogP contribution is -2.48. The summed E-state index contributed by atoms with van der Waals surface area (Å²) in [7, 11) is 0. The van der Waals surface area contributed by atoms with Gasteiger partial charge in [0.15, 0.2) is 5.69 Å². The lowest BCUT2D eigenvalue weighted by molar-refractivity contribution is 0.0634.